The minimum Gasteiger partial charge on any atom is -0.384 e. The van der Waals surface area contributed by atoms with Crippen LogP contribution < -0.4 is 16.1 Å². The first-order valence-corrected chi connectivity index (χ1v) is 11.0. The van der Waals surface area contributed by atoms with E-state index in [4.69, 9.17) is 4.98 Å². The molecule has 150 valence electrons. The summed E-state index contributed by atoms with van der Waals surface area (Å²) >= 11 is 1.72. The lowest BCUT2D eigenvalue weighted by atomic mass is 10.0. The monoisotopic (exact) mass is 405 g/mol. The molecule has 0 fully saturated rings. The molecule has 29 heavy (non-hydrogen) atoms. The first-order chi connectivity index (χ1) is 13.9. The van der Waals surface area contributed by atoms with Crippen LogP contribution in [0.15, 0.2) is 47.3 Å². The first-order valence-electron chi connectivity index (χ1n) is 10.2. The van der Waals surface area contributed by atoms with Crippen molar-refractivity contribution in [1.29, 1.82) is 0 Å². The predicted octanol–water partition coefficient (Wildman–Crippen LogP) is 6.10. The van der Waals surface area contributed by atoms with Crippen molar-refractivity contribution in [3.05, 3.63) is 52.7 Å². The van der Waals surface area contributed by atoms with Gasteiger partial charge in [-0.3, -0.25) is 4.79 Å². The van der Waals surface area contributed by atoms with Crippen molar-refractivity contribution in [2.24, 2.45) is 11.8 Å². The van der Waals surface area contributed by atoms with Gasteiger partial charge >= 0.3 is 0 Å². The Bertz CT molecular complexity index is 1240. The maximum absolute atomic E-state index is 12.9. The van der Waals surface area contributed by atoms with Crippen LogP contribution in [-0.4, -0.2) is 18.1 Å². The average molecular weight is 406 g/mol. The molecule has 0 spiro atoms. The van der Waals surface area contributed by atoms with E-state index in [1.165, 1.54) is 0 Å². The van der Waals surface area contributed by atoms with Gasteiger partial charge in [-0.2, -0.15) is 0 Å². The molecular formula is C24H27N3OS. The average Bonchev–Trinajstić information content (AvgIpc) is 2.69. The number of para-hydroxylation sites is 1. The number of fused-ring (bicyclic) bond motifs is 4. The van der Waals surface area contributed by atoms with Gasteiger partial charge in [-0.25, -0.2) is 4.98 Å². The van der Waals surface area contributed by atoms with Gasteiger partial charge in [0.1, 0.15) is 0 Å². The zero-order chi connectivity index (χ0) is 20.5. The zero-order valence-electron chi connectivity index (χ0n) is 17.4. The summed E-state index contributed by atoms with van der Waals surface area (Å²) in [6, 6.07) is 13.8. The van der Waals surface area contributed by atoms with E-state index in [1.807, 2.05) is 24.3 Å². The number of hydrogen-bond acceptors (Lipinski definition) is 5. The van der Waals surface area contributed by atoms with Crippen molar-refractivity contribution in [1.82, 2.24) is 4.98 Å². The largest absolute Gasteiger partial charge is 0.384 e. The molecule has 5 heteroatoms. The SMILES string of the molecule is CC(C)CNc1cc2sc3ccccc3nc2c2c(NCC(C)C)ccc(=O)c12. The normalized spacial score (nSPS) is 11.8. The van der Waals surface area contributed by atoms with Crippen molar-refractivity contribution in [2.45, 2.75) is 27.7 Å². The van der Waals surface area contributed by atoms with Crippen LogP contribution in [0, 0.1) is 11.8 Å². The van der Waals surface area contributed by atoms with Gasteiger partial charge in [-0.1, -0.05) is 39.8 Å². The first kappa shape index (κ1) is 19.6. The van der Waals surface area contributed by atoms with Crippen molar-refractivity contribution < 1.29 is 0 Å². The van der Waals surface area contributed by atoms with Crippen LogP contribution in [0.5, 0.6) is 0 Å². The van der Waals surface area contributed by atoms with Gasteiger partial charge in [0, 0.05) is 29.9 Å². The summed E-state index contributed by atoms with van der Waals surface area (Å²) in [6.07, 6.45) is 0. The number of anilines is 2. The smallest absolute Gasteiger partial charge is 0.188 e. The van der Waals surface area contributed by atoms with E-state index in [0.717, 1.165) is 55.7 Å². The maximum atomic E-state index is 12.9. The standard InChI is InChI=1S/C24H27N3OS/c1-14(2)12-25-17-9-10-19(28)22-18(26-13-15(3)4)11-21-24(23(17)22)27-16-7-5-6-8-20(16)29-21/h5-11,14-15,25-26H,12-13H2,1-4H3. The molecule has 0 aliphatic heterocycles. The third-order valence-corrected chi connectivity index (χ3v) is 6.00. The Balaban J connectivity index is 2.07. The van der Waals surface area contributed by atoms with Crippen LogP contribution in [0.3, 0.4) is 0 Å². The Kier molecular flexibility index (Phi) is 5.41. The van der Waals surface area contributed by atoms with Crippen LogP contribution >= 0.6 is 11.3 Å². The molecule has 0 unspecified atom stereocenters. The second-order valence-corrected chi connectivity index (χ2v) is 9.45. The Morgan fingerprint density at radius 3 is 2.28 bits per heavy atom. The summed E-state index contributed by atoms with van der Waals surface area (Å²) in [5.41, 5.74) is 3.75. The quantitative estimate of drug-likeness (QED) is 0.301. The van der Waals surface area contributed by atoms with E-state index in [-0.39, 0.29) is 5.43 Å². The number of rotatable bonds is 6. The van der Waals surface area contributed by atoms with Gasteiger partial charge in [-0.05, 0) is 42.2 Å². The summed E-state index contributed by atoms with van der Waals surface area (Å²) in [5, 5.41) is 8.70. The van der Waals surface area contributed by atoms with Gasteiger partial charge in [-0.15, -0.1) is 11.3 Å². The lowest BCUT2D eigenvalue weighted by Gasteiger charge is -2.17. The third kappa shape index (κ3) is 3.92. The summed E-state index contributed by atoms with van der Waals surface area (Å²) in [6.45, 7) is 10.4. The minimum absolute atomic E-state index is 0.0308. The second-order valence-electron chi connectivity index (χ2n) is 8.36. The van der Waals surface area contributed by atoms with Crippen LogP contribution in [0.2, 0.25) is 0 Å². The van der Waals surface area contributed by atoms with E-state index < -0.39 is 0 Å². The topological polar surface area (TPSA) is 54.0 Å². The molecule has 0 saturated carbocycles. The highest BCUT2D eigenvalue weighted by molar-refractivity contribution is 7.24. The highest BCUT2D eigenvalue weighted by atomic mass is 32.1. The predicted molar refractivity (Wildman–Crippen MR) is 128 cm³/mol. The number of benzene rings is 3. The minimum atomic E-state index is 0.0308. The van der Waals surface area contributed by atoms with E-state index in [1.54, 1.807) is 17.4 Å². The molecule has 0 aliphatic rings. The molecule has 0 amide bonds. The lowest BCUT2D eigenvalue weighted by molar-refractivity contribution is 0.689. The number of nitrogens with zero attached hydrogens (tertiary/aromatic N) is 1. The van der Waals surface area contributed by atoms with Crippen LogP contribution in [-0.2, 0) is 0 Å². The van der Waals surface area contributed by atoms with E-state index in [9.17, 15) is 4.79 Å². The fraction of sp³-hybridized carbons (Fsp3) is 0.333. The molecule has 0 radical (unpaired) electrons. The fourth-order valence-electron chi connectivity index (χ4n) is 3.47. The van der Waals surface area contributed by atoms with Gasteiger partial charge in [0.05, 0.1) is 25.8 Å². The Morgan fingerprint density at radius 2 is 1.55 bits per heavy atom. The molecule has 4 aromatic rings. The lowest BCUT2D eigenvalue weighted by Crippen LogP contribution is -2.13. The third-order valence-electron chi connectivity index (χ3n) is 4.90. The van der Waals surface area contributed by atoms with E-state index >= 15 is 0 Å². The molecule has 1 aromatic heterocycles. The zero-order valence-corrected chi connectivity index (χ0v) is 18.2. The number of hydrogen-bond donors (Lipinski definition) is 2. The fourth-order valence-corrected chi connectivity index (χ4v) is 4.49. The molecule has 3 aromatic carbocycles. The maximum Gasteiger partial charge on any atom is 0.188 e. The Morgan fingerprint density at radius 1 is 0.862 bits per heavy atom. The Hall–Kier alpha value is -2.66. The van der Waals surface area contributed by atoms with E-state index in [2.05, 4.69) is 50.5 Å². The molecule has 0 atom stereocenters. The van der Waals surface area contributed by atoms with Gasteiger partial charge in [0.2, 0.25) is 0 Å². The number of aromatic nitrogens is 1. The van der Waals surface area contributed by atoms with Crippen molar-refractivity contribution in [2.75, 3.05) is 23.7 Å². The molecule has 0 bridgehead atoms. The van der Waals surface area contributed by atoms with Gasteiger partial charge in [0.25, 0.3) is 0 Å². The summed E-state index contributed by atoms with van der Waals surface area (Å²) < 4.78 is 2.23. The summed E-state index contributed by atoms with van der Waals surface area (Å²) in [5.74, 6) is 0.985. The molecular weight excluding hydrogens is 378 g/mol. The van der Waals surface area contributed by atoms with Crippen molar-refractivity contribution in [3.63, 3.8) is 0 Å². The second kappa shape index (κ2) is 7.99. The molecule has 4 rings (SSSR count). The summed E-state index contributed by atoms with van der Waals surface area (Å²) in [4.78, 5) is 17.9. The van der Waals surface area contributed by atoms with Crippen LogP contribution in [0.1, 0.15) is 27.7 Å². The molecule has 1 heterocycles. The molecule has 0 saturated heterocycles. The van der Waals surface area contributed by atoms with Crippen LogP contribution in [0.4, 0.5) is 11.4 Å². The van der Waals surface area contributed by atoms with E-state index in [0.29, 0.717) is 11.8 Å². The number of nitrogens with one attached hydrogen (secondary N) is 2. The van der Waals surface area contributed by atoms with Crippen molar-refractivity contribution in [3.8, 4) is 0 Å². The summed E-state index contributed by atoms with van der Waals surface area (Å²) in [7, 11) is 0. The molecule has 4 nitrogen and oxygen atoms in total. The van der Waals surface area contributed by atoms with Gasteiger partial charge in [0.15, 0.2) is 5.43 Å². The highest BCUT2D eigenvalue weighted by Crippen LogP contribution is 2.37. The van der Waals surface area contributed by atoms with Gasteiger partial charge < -0.3 is 10.6 Å². The molecule has 2 N–H and O–H groups in total. The van der Waals surface area contributed by atoms with Crippen LogP contribution in [0.25, 0.3) is 31.2 Å². The molecule has 0 aliphatic carbocycles. The highest BCUT2D eigenvalue weighted by Gasteiger charge is 2.16. The Labute approximate surface area is 175 Å². The van der Waals surface area contributed by atoms with Crippen molar-refractivity contribution >= 4 is 53.9 Å².